The molecule has 0 spiro atoms. The van der Waals surface area contributed by atoms with Gasteiger partial charge in [-0.25, -0.2) is 0 Å². The van der Waals surface area contributed by atoms with E-state index in [0.717, 1.165) is 21.2 Å². The molecule has 0 radical (unpaired) electrons. The van der Waals surface area contributed by atoms with Gasteiger partial charge in [0.2, 0.25) is 0 Å². The maximum atomic E-state index is 4.48. The first-order valence-electron chi connectivity index (χ1n) is 5.94. The summed E-state index contributed by atoms with van der Waals surface area (Å²) in [6.45, 7) is 0. The Hall–Kier alpha value is -1.65. The summed E-state index contributed by atoms with van der Waals surface area (Å²) in [5.41, 5.74) is 3.31. The molecular weight excluding hydrogens is 320 g/mol. The fourth-order valence-electron chi connectivity index (χ4n) is 2.29. The molecule has 92 valence electrons. The van der Waals surface area contributed by atoms with Crippen molar-refractivity contribution < 1.29 is 0 Å². The van der Waals surface area contributed by atoms with Gasteiger partial charge in [0.1, 0.15) is 5.69 Å². The van der Waals surface area contributed by atoms with E-state index in [1.807, 2.05) is 12.1 Å². The minimum atomic E-state index is 1.03. The van der Waals surface area contributed by atoms with Gasteiger partial charge in [0.25, 0.3) is 0 Å². The lowest BCUT2D eigenvalue weighted by atomic mass is 10.1. The molecule has 4 aromatic rings. The Labute approximate surface area is 122 Å². The Morgan fingerprint density at radius 2 is 1.79 bits per heavy atom. The fourth-order valence-corrected chi connectivity index (χ4v) is 3.72. The van der Waals surface area contributed by atoms with Gasteiger partial charge in [-0.2, -0.15) is 5.10 Å². The lowest BCUT2D eigenvalue weighted by Crippen LogP contribution is -1.77. The van der Waals surface area contributed by atoms with E-state index in [-0.39, 0.29) is 0 Å². The first-order chi connectivity index (χ1) is 9.33. The van der Waals surface area contributed by atoms with Gasteiger partial charge in [-0.1, -0.05) is 46.3 Å². The van der Waals surface area contributed by atoms with Crippen LogP contribution in [0.1, 0.15) is 0 Å². The molecule has 0 aliphatic rings. The van der Waals surface area contributed by atoms with E-state index in [0.29, 0.717) is 0 Å². The van der Waals surface area contributed by atoms with Gasteiger partial charge in [0.05, 0.1) is 10.2 Å². The molecule has 0 aliphatic carbocycles. The van der Waals surface area contributed by atoms with Crippen molar-refractivity contribution in [1.29, 1.82) is 0 Å². The van der Waals surface area contributed by atoms with Crippen molar-refractivity contribution in [2.45, 2.75) is 0 Å². The zero-order valence-corrected chi connectivity index (χ0v) is 12.3. The largest absolute Gasteiger partial charge is 0.276 e. The minimum Gasteiger partial charge on any atom is -0.276 e. The Bertz CT molecular complexity index is 874. The van der Waals surface area contributed by atoms with E-state index >= 15 is 0 Å². The van der Waals surface area contributed by atoms with E-state index in [1.54, 1.807) is 11.3 Å². The molecule has 0 unspecified atom stereocenters. The van der Waals surface area contributed by atoms with Gasteiger partial charge < -0.3 is 0 Å². The zero-order chi connectivity index (χ0) is 12.8. The monoisotopic (exact) mass is 328 g/mol. The molecule has 1 N–H and O–H groups in total. The lowest BCUT2D eigenvalue weighted by molar-refractivity contribution is 1.13. The number of rotatable bonds is 1. The summed E-state index contributed by atoms with van der Waals surface area (Å²) in [5, 5.41) is 8.90. The first kappa shape index (κ1) is 11.2. The molecule has 2 aromatic carbocycles. The number of fused-ring (bicyclic) bond motifs is 3. The summed E-state index contributed by atoms with van der Waals surface area (Å²) < 4.78 is 3.60. The highest BCUT2D eigenvalue weighted by atomic mass is 79.9. The van der Waals surface area contributed by atoms with Gasteiger partial charge in [-0.05, 0) is 18.2 Å². The van der Waals surface area contributed by atoms with Gasteiger partial charge in [-0.15, -0.1) is 11.3 Å². The van der Waals surface area contributed by atoms with Crippen molar-refractivity contribution in [1.82, 2.24) is 10.2 Å². The highest BCUT2D eigenvalue weighted by molar-refractivity contribution is 9.10. The number of halogens is 1. The van der Waals surface area contributed by atoms with Crippen molar-refractivity contribution >= 4 is 47.6 Å². The van der Waals surface area contributed by atoms with Crippen LogP contribution >= 0.6 is 27.3 Å². The molecule has 0 fully saturated rings. The Morgan fingerprint density at radius 1 is 1.00 bits per heavy atom. The molecule has 4 rings (SSSR count). The minimum absolute atomic E-state index is 1.03. The van der Waals surface area contributed by atoms with Crippen LogP contribution in [0.3, 0.4) is 0 Å². The molecule has 0 saturated carbocycles. The summed E-state index contributed by atoms with van der Waals surface area (Å²) in [7, 11) is 0. The molecule has 2 nitrogen and oxygen atoms in total. The van der Waals surface area contributed by atoms with Crippen LogP contribution in [0.2, 0.25) is 0 Å². The van der Waals surface area contributed by atoms with Crippen molar-refractivity contribution in [3.05, 3.63) is 53.0 Å². The topological polar surface area (TPSA) is 28.7 Å². The van der Waals surface area contributed by atoms with E-state index < -0.39 is 0 Å². The number of nitrogens with zero attached hydrogens (tertiary/aromatic N) is 1. The lowest BCUT2D eigenvalue weighted by Gasteiger charge is -1.96. The quantitative estimate of drug-likeness (QED) is 0.510. The van der Waals surface area contributed by atoms with E-state index in [4.69, 9.17) is 0 Å². The first-order valence-corrected chi connectivity index (χ1v) is 7.55. The van der Waals surface area contributed by atoms with Crippen molar-refractivity contribution in [2.75, 3.05) is 0 Å². The molecule has 0 bridgehead atoms. The summed E-state index contributed by atoms with van der Waals surface area (Å²) in [5.74, 6) is 0. The van der Waals surface area contributed by atoms with Crippen LogP contribution in [-0.4, -0.2) is 10.2 Å². The van der Waals surface area contributed by atoms with Crippen LogP contribution in [0.5, 0.6) is 0 Å². The second-order valence-electron chi connectivity index (χ2n) is 4.38. The molecule has 4 heteroatoms. The summed E-state index contributed by atoms with van der Waals surface area (Å²) in [6, 6.07) is 16.7. The van der Waals surface area contributed by atoms with Crippen molar-refractivity contribution in [3.8, 4) is 11.3 Å². The molecule has 0 aliphatic heterocycles. The highest BCUT2D eigenvalue weighted by Crippen LogP contribution is 2.38. The normalized spacial score (nSPS) is 11.4. The summed E-state index contributed by atoms with van der Waals surface area (Å²) in [6.07, 6.45) is 0. The molecule has 0 saturated heterocycles. The maximum absolute atomic E-state index is 4.48. The van der Waals surface area contributed by atoms with Crippen LogP contribution in [0.15, 0.2) is 53.0 Å². The fraction of sp³-hybridized carbons (Fsp3) is 0. The Morgan fingerprint density at radius 3 is 2.63 bits per heavy atom. The number of nitrogens with one attached hydrogen (secondary N) is 1. The highest BCUT2D eigenvalue weighted by Gasteiger charge is 2.13. The third-order valence-corrected chi connectivity index (χ3v) is 4.91. The van der Waals surface area contributed by atoms with Crippen LogP contribution in [-0.2, 0) is 0 Å². The third-order valence-electron chi connectivity index (χ3n) is 3.21. The number of benzene rings is 2. The molecule has 0 amide bonds. The number of H-pyrrole nitrogens is 1. The third kappa shape index (κ3) is 1.71. The Balaban J connectivity index is 2.02. The predicted molar refractivity (Wildman–Crippen MR) is 84.6 cm³/mol. The number of aromatic nitrogens is 2. The van der Waals surface area contributed by atoms with Crippen LogP contribution in [0.25, 0.3) is 31.6 Å². The SMILES string of the molecule is Brc1ccc(-c2n[nH]c3c2sc2ccccc23)cc1. The number of thiophene rings is 1. The second-order valence-corrected chi connectivity index (χ2v) is 6.35. The zero-order valence-electron chi connectivity index (χ0n) is 9.85. The number of aromatic amines is 1. The molecule has 2 heterocycles. The molecule has 0 atom stereocenters. The van der Waals surface area contributed by atoms with E-state index in [1.165, 1.54) is 14.8 Å². The Kier molecular flexibility index (Phi) is 2.47. The van der Waals surface area contributed by atoms with Crippen molar-refractivity contribution in [2.24, 2.45) is 0 Å². The number of hydrogen-bond acceptors (Lipinski definition) is 2. The van der Waals surface area contributed by atoms with Gasteiger partial charge in [0.15, 0.2) is 0 Å². The summed E-state index contributed by atoms with van der Waals surface area (Å²) >= 11 is 5.25. The average molecular weight is 329 g/mol. The van der Waals surface area contributed by atoms with Crippen LogP contribution < -0.4 is 0 Å². The standard InChI is InChI=1S/C15H9BrN2S/c16-10-7-5-9(6-8-10)13-15-14(18-17-13)11-3-1-2-4-12(11)19-15/h1-8H,(H,17,18). The van der Waals surface area contributed by atoms with Gasteiger partial charge >= 0.3 is 0 Å². The van der Waals surface area contributed by atoms with Gasteiger partial charge in [-0.3, -0.25) is 5.10 Å². The predicted octanol–water partition coefficient (Wildman–Crippen LogP) is 5.21. The number of hydrogen-bond donors (Lipinski definition) is 1. The molecule has 19 heavy (non-hydrogen) atoms. The second kappa shape index (κ2) is 4.18. The average Bonchev–Trinajstić information content (AvgIpc) is 2.98. The van der Waals surface area contributed by atoms with Crippen molar-refractivity contribution in [3.63, 3.8) is 0 Å². The molecular formula is C15H9BrN2S. The smallest absolute Gasteiger partial charge is 0.110 e. The molecule has 2 aromatic heterocycles. The van der Waals surface area contributed by atoms with E-state index in [9.17, 15) is 0 Å². The van der Waals surface area contributed by atoms with Crippen LogP contribution in [0, 0.1) is 0 Å². The van der Waals surface area contributed by atoms with E-state index in [2.05, 4.69) is 62.5 Å². The maximum Gasteiger partial charge on any atom is 0.110 e. The summed E-state index contributed by atoms with van der Waals surface area (Å²) in [4.78, 5) is 0. The van der Waals surface area contributed by atoms with Crippen LogP contribution in [0.4, 0.5) is 0 Å². The van der Waals surface area contributed by atoms with Gasteiger partial charge in [0, 0.05) is 20.1 Å².